The third kappa shape index (κ3) is 4.46. The number of anilines is 1. The maximum Gasteiger partial charge on any atom is 0.254 e. The SMILES string of the molecule is CCN(CC)CCC1CCN(C(=O)c2cccc3c2CNc2ccccc2O3)CC1. The van der Waals surface area contributed by atoms with Crippen LogP contribution in [0.3, 0.4) is 0 Å². The van der Waals surface area contributed by atoms with E-state index in [-0.39, 0.29) is 5.91 Å². The van der Waals surface area contributed by atoms with Gasteiger partial charge < -0.3 is 19.9 Å². The molecular formula is C25H33N3O2. The molecule has 2 aliphatic heterocycles. The largest absolute Gasteiger partial charge is 0.455 e. The summed E-state index contributed by atoms with van der Waals surface area (Å²) in [5.41, 5.74) is 2.66. The van der Waals surface area contributed by atoms with E-state index in [2.05, 4.69) is 24.1 Å². The van der Waals surface area contributed by atoms with Crippen LogP contribution >= 0.6 is 0 Å². The third-order valence-corrected chi connectivity index (χ3v) is 6.58. The summed E-state index contributed by atoms with van der Waals surface area (Å²) in [6.45, 7) is 10.1. The second-order valence-corrected chi connectivity index (χ2v) is 8.29. The monoisotopic (exact) mass is 407 g/mol. The Balaban J connectivity index is 1.41. The van der Waals surface area contributed by atoms with Gasteiger partial charge in [-0.25, -0.2) is 0 Å². The highest BCUT2D eigenvalue weighted by Gasteiger charge is 2.27. The number of amides is 1. The topological polar surface area (TPSA) is 44.8 Å². The number of nitrogens with zero attached hydrogens (tertiary/aromatic N) is 2. The van der Waals surface area contributed by atoms with Crippen molar-refractivity contribution >= 4 is 11.6 Å². The van der Waals surface area contributed by atoms with Crippen LogP contribution in [0.25, 0.3) is 0 Å². The van der Waals surface area contributed by atoms with Gasteiger partial charge in [-0.15, -0.1) is 0 Å². The molecule has 0 saturated carbocycles. The first-order valence-electron chi connectivity index (χ1n) is 11.3. The minimum atomic E-state index is 0.130. The summed E-state index contributed by atoms with van der Waals surface area (Å²) in [5, 5.41) is 3.42. The fraction of sp³-hybridized carbons (Fsp3) is 0.480. The number of rotatable bonds is 6. The Morgan fingerprint density at radius 1 is 1.07 bits per heavy atom. The number of carbonyl (C=O) groups excluding carboxylic acids is 1. The summed E-state index contributed by atoms with van der Waals surface area (Å²) in [7, 11) is 0. The zero-order valence-electron chi connectivity index (χ0n) is 18.2. The molecule has 0 unspecified atom stereocenters. The predicted octanol–water partition coefficient (Wildman–Crippen LogP) is 4.99. The first kappa shape index (κ1) is 20.7. The summed E-state index contributed by atoms with van der Waals surface area (Å²) in [4.78, 5) is 17.9. The number of hydrogen-bond donors (Lipinski definition) is 1. The lowest BCUT2D eigenvalue weighted by molar-refractivity contribution is 0.0680. The van der Waals surface area contributed by atoms with Crippen LogP contribution < -0.4 is 10.1 Å². The number of nitrogens with one attached hydrogen (secondary N) is 1. The van der Waals surface area contributed by atoms with Gasteiger partial charge in [-0.05, 0) is 69.1 Å². The molecular weight excluding hydrogens is 374 g/mol. The fourth-order valence-corrected chi connectivity index (χ4v) is 4.55. The number of carbonyl (C=O) groups is 1. The smallest absolute Gasteiger partial charge is 0.254 e. The van der Waals surface area contributed by atoms with Crippen LogP contribution in [-0.4, -0.2) is 48.4 Å². The fourth-order valence-electron chi connectivity index (χ4n) is 4.55. The number of ether oxygens (including phenoxy) is 1. The molecule has 1 saturated heterocycles. The molecule has 160 valence electrons. The Morgan fingerprint density at radius 3 is 2.57 bits per heavy atom. The van der Waals surface area contributed by atoms with Crippen molar-refractivity contribution in [3.8, 4) is 11.5 Å². The number of benzene rings is 2. The molecule has 2 aromatic rings. The first-order valence-corrected chi connectivity index (χ1v) is 11.3. The lowest BCUT2D eigenvalue weighted by atomic mass is 9.92. The quantitative estimate of drug-likeness (QED) is 0.733. The van der Waals surface area contributed by atoms with Crippen molar-refractivity contribution in [3.63, 3.8) is 0 Å². The molecule has 0 radical (unpaired) electrons. The standard InChI is InChI=1S/C25H33N3O2/c1-3-27(4-2)15-12-19-13-16-28(17-14-19)25(29)20-8-7-11-23-21(20)18-26-22-9-5-6-10-24(22)30-23/h5-11,19,26H,3-4,12-18H2,1-2H3. The molecule has 1 fully saturated rings. The molecule has 5 heteroatoms. The third-order valence-electron chi connectivity index (χ3n) is 6.58. The van der Waals surface area contributed by atoms with Crippen molar-refractivity contribution in [2.75, 3.05) is 38.0 Å². The van der Waals surface area contributed by atoms with Crippen LogP contribution in [0.5, 0.6) is 11.5 Å². The van der Waals surface area contributed by atoms with Crippen molar-refractivity contribution in [1.82, 2.24) is 9.80 Å². The minimum Gasteiger partial charge on any atom is -0.455 e. The van der Waals surface area contributed by atoms with E-state index in [0.29, 0.717) is 6.54 Å². The zero-order chi connectivity index (χ0) is 20.9. The summed E-state index contributed by atoms with van der Waals surface area (Å²) in [6.07, 6.45) is 3.44. The van der Waals surface area contributed by atoms with Gasteiger partial charge in [-0.1, -0.05) is 32.0 Å². The van der Waals surface area contributed by atoms with Crippen LogP contribution in [0.15, 0.2) is 42.5 Å². The van der Waals surface area contributed by atoms with E-state index in [1.807, 2.05) is 47.4 Å². The van der Waals surface area contributed by atoms with Gasteiger partial charge in [0.15, 0.2) is 5.75 Å². The maximum atomic E-state index is 13.4. The van der Waals surface area contributed by atoms with Gasteiger partial charge in [0.05, 0.1) is 5.69 Å². The Labute approximate surface area is 180 Å². The Morgan fingerprint density at radius 2 is 1.80 bits per heavy atom. The molecule has 1 N–H and O–H groups in total. The van der Waals surface area contributed by atoms with Gasteiger partial charge >= 0.3 is 0 Å². The molecule has 4 rings (SSSR count). The molecule has 1 amide bonds. The van der Waals surface area contributed by atoms with E-state index < -0.39 is 0 Å². The highest BCUT2D eigenvalue weighted by atomic mass is 16.5. The van der Waals surface area contributed by atoms with Crippen molar-refractivity contribution in [2.45, 2.75) is 39.7 Å². The second-order valence-electron chi connectivity index (χ2n) is 8.29. The number of likely N-dealkylation sites (tertiary alicyclic amines) is 1. The predicted molar refractivity (Wildman–Crippen MR) is 121 cm³/mol. The molecule has 2 heterocycles. The van der Waals surface area contributed by atoms with E-state index in [1.54, 1.807) is 0 Å². The van der Waals surface area contributed by atoms with Crippen molar-refractivity contribution < 1.29 is 9.53 Å². The Bertz CT molecular complexity index is 870. The highest BCUT2D eigenvalue weighted by molar-refractivity contribution is 5.96. The average Bonchev–Trinajstić information content (AvgIpc) is 2.99. The zero-order valence-corrected chi connectivity index (χ0v) is 18.2. The Hall–Kier alpha value is -2.53. The van der Waals surface area contributed by atoms with E-state index in [4.69, 9.17) is 4.74 Å². The first-order chi connectivity index (χ1) is 14.7. The van der Waals surface area contributed by atoms with Crippen LogP contribution in [0.4, 0.5) is 5.69 Å². The van der Waals surface area contributed by atoms with Crippen LogP contribution in [-0.2, 0) is 6.54 Å². The minimum absolute atomic E-state index is 0.130. The summed E-state index contributed by atoms with van der Waals surface area (Å²) < 4.78 is 6.14. The van der Waals surface area contributed by atoms with Gasteiger partial charge in [0.1, 0.15) is 5.75 Å². The van der Waals surface area contributed by atoms with Crippen molar-refractivity contribution in [1.29, 1.82) is 0 Å². The molecule has 0 aliphatic carbocycles. The summed E-state index contributed by atoms with van der Waals surface area (Å²) in [6, 6.07) is 13.7. The second kappa shape index (κ2) is 9.52. The molecule has 2 aliphatic rings. The molecule has 0 atom stereocenters. The van der Waals surface area contributed by atoms with E-state index in [1.165, 1.54) is 13.0 Å². The van der Waals surface area contributed by atoms with Crippen molar-refractivity contribution in [2.24, 2.45) is 5.92 Å². The number of para-hydroxylation sites is 2. The summed E-state index contributed by atoms with van der Waals surface area (Å²) >= 11 is 0. The maximum absolute atomic E-state index is 13.4. The summed E-state index contributed by atoms with van der Waals surface area (Å²) in [5.74, 6) is 2.43. The molecule has 0 bridgehead atoms. The highest BCUT2D eigenvalue weighted by Crippen LogP contribution is 2.37. The lowest BCUT2D eigenvalue weighted by Gasteiger charge is -2.33. The van der Waals surface area contributed by atoms with E-state index in [0.717, 1.165) is 73.3 Å². The molecule has 2 aromatic carbocycles. The number of fused-ring (bicyclic) bond motifs is 2. The lowest BCUT2D eigenvalue weighted by Crippen LogP contribution is -2.39. The van der Waals surface area contributed by atoms with Gasteiger partial charge in [0, 0.05) is 30.8 Å². The molecule has 0 aromatic heterocycles. The van der Waals surface area contributed by atoms with Gasteiger partial charge in [0.25, 0.3) is 5.91 Å². The van der Waals surface area contributed by atoms with Crippen LogP contribution in [0.2, 0.25) is 0 Å². The average molecular weight is 408 g/mol. The Kier molecular flexibility index (Phi) is 6.58. The van der Waals surface area contributed by atoms with Crippen molar-refractivity contribution in [3.05, 3.63) is 53.6 Å². The van der Waals surface area contributed by atoms with E-state index >= 15 is 0 Å². The molecule has 5 nitrogen and oxygen atoms in total. The van der Waals surface area contributed by atoms with Gasteiger partial charge in [0.2, 0.25) is 0 Å². The molecule has 0 spiro atoms. The van der Waals surface area contributed by atoms with Crippen LogP contribution in [0, 0.1) is 5.92 Å². The van der Waals surface area contributed by atoms with Gasteiger partial charge in [-0.3, -0.25) is 4.79 Å². The molecule has 30 heavy (non-hydrogen) atoms. The van der Waals surface area contributed by atoms with Crippen LogP contribution in [0.1, 0.15) is 49.0 Å². The normalized spacial score (nSPS) is 16.3. The number of piperidine rings is 1. The number of hydrogen-bond acceptors (Lipinski definition) is 4. The van der Waals surface area contributed by atoms with Gasteiger partial charge in [-0.2, -0.15) is 0 Å². The van der Waals surface area contributed by atoms with E-state index in [9.17, 15) is 4.79 Å².